The molecular weight excluding hydrogens is 332 g/mol. The van der Waals surface area contributed by atoms with Crippen LogP contribution in [0.3, 0.4) is 0 Å². The number of aromatic carboxylic acids is 1. The molecule has 76 valence electrons. The lowest BCUT2D eigenvalue weighted by atomic mass is 10.2. The molecule has 0 radical (unpaired) electrons. The topological polar surface area (TPSA) is 37.3 Å². The molecule has 5 heteroatoms. The van der Waals surface area contributed by atoms with E-state index in [1.165, 1.54) is 11.8 Å². The number of hydrogen-bond acceptors (Lipinski definition) is 2. The molecule has 0 unspecified atom stereocenters. The third-order valence-corrected chi connectivity index (χ3v) is 3.89. The predicted molar refractivity (Wildman–Crippen MR) is 65.2 cm³/mol. The van der Waals surface area contributed by atoms with E-state index in [1.54, 1.807) is 6.07 Å². The van der Waals surface area contributed by atoms with E-state index < -0.39 is 5.97 Å². The molecule has 0 aromatic heterocycles. The Morgan fingerprint density at radius 3 is 2.64 bits per heavy atom. The van der Waals surface area contributed by atoms with E-state index >= 15 is 0 Å². The SMILES string of the molecule is CCSc1c(Br)cc(Br)cc1C(=O)O. The van der Waals surface area contributed by atoms with Crippen LogP contribution in [0, 0.1) is 0 Å². The van der Waals surface area contributed by atoms with Gasteiger partial charge in [-0.15, -0.1) is 11.8 Å². The quantitative estimate of drug-likeness (QED) is 0.845. The first-order valence-electron chi connectivity index (χ1n) is 3.91. The molecule has 0 fully saturated rings. The van der Waals surface area contributed by atoms with Gasteiger partial charge in [-0.25, -0.2) is 4.79 Å². The van der Waals surface area contributed by atoms with Crippen LogP contribution in [0.15, 0.2) is 26.0 Å². The van der Waals surface area contributed by atoms with E-state index in [9.17, 15) is 4.79 Å². The van der Waals surface area contributed by atoms with Crippen molar-refractivity contribution in [1.82, 2.24) is 0 Å². The number of halogens is 2. The van der Waals surface area contributed by atoms with E-state index in [0.29, 0.717) is 5.56 Å². The van der Waals surface area contributed by atoms with Gasteiger partial charge in [0.15, 0.2) is 0 Å². The normalized spacial score (nSPS) is 10.2. The minimum absolute atomic E-state index is 0.332. The zero-order chi connectivity index (χ0) is 10.7. The lowest BCUT2D eigenvalue weighted by Gasteiger charge is -2.07. The summed E-state index contributed by atoms with van der Waals surface area (Å²) >= 11 is 8.13. The van der Waals surface area contributed by atoms with Crippen LogP contribution in [0.1, 0.15) is 17.3 Å². The second-order valence-electron chi connectivity index (χ2n) is 2.50. The van der Waals surface area contributed by atoms with Gasteiger partial charge in [0.2, 0.25) is 0 Å². The van der Waals surface area contributed by atoms with Gasteiger partial charge in [-0.1, -0.05) is 22.9 Å². The largest absolute Gasteiger partial charge is 0.478 e. The lowest BCUT2D eigenvalue weighted by molar-refractivity contribution is 0.0693. The average molecular weight is 340 g/mol. The van der Waals surface area contributed by atoms with Gasteiger partial charge in [0.1, 0.15) is 0 Å². The Balaban J connectivity index is 3.28. The Labute approximate surface area is 103 Å². The van der Waals surface area contributed by atoms with Crippen LogP contribution in [0.2, 0.25) is 0 Å². The van der Waals surface area contributed by atoms with Crippen molar-refractivity contribution < 1.29 is 9.90 Å². The fourth-order valence-corrected chi connectivity index (χ4v) is 3.37. The van der Waals surface area contributed by atoms with Crippen molar-refractivity contribution in [3.63, 3.8) is 0 Å². The molecule has 14 heavy (non-hydrogen) atoms. The molecule has 0 heterocycles. The van der Waals surface area contributed by atoms with Gasteiger partial charge in [-0.2, -0.15) is 0 Å². The molecular formula is C9H8Br2O2S. The number of carboxylic acids is 1. The molecule has 0 aliphatic rings. The predicted octanol–water partition coefficient (Wildman–Crippen LogP) is 4.02. The van der Waals surface area contributed by atoms with Crippen molar-refractivity contribution in [1.29, 1.82) is 0 Å². The van der Waals surface area contributed by atoms with E-state index in [4.69, 9.17) is 5.11 Å². The summed E-state index contributed by atoms with van der Waals surface area (Å²) in [5.41, 5.74) is 0.332. The highest BCUT2D eigenvalue weighted by Crippen LogP contribution is 2.33. The first-order valence-corrected chi connectivity index (χ1v) is 6.48. The van der Waals surface area contributed by atoms with Crippen molar-refractivity contribution in [2.75, 3.05) is 5.75 Å². The molecule has 2 nitrogen and oxygen atoms in total. The Morgan fingerprint density at radius 1 is 1.50 bits per heavy atom. The van der Waals surface area contributed by atoms with Crippen LogP contribution in [-0.4, -0.2) is 16.8 Å². The lowest BCUT2D eigenvalue weighted by Crippen LogP contribution is -1.99. The molecule has 0 aliphatic carbocycles. The number of rotatable bonds is 3. The van der Waals surface area contributed by atoms with Gasteiger partial charge in [0.05, 0.1) is 5.56 Å². The molecule has 0 saturated heterocycles. The summed E-state index contributed by atoms with van der Waals surface area (Å²) in [6.07, 6.45) is 0. The van der Waals surface area contributed by atoms with Crippen molar-refractivity contribution in [3.8, 4) is 0 Å². The van der Waals surface area contributed by atoms with Gasteiger partial charge < -0.3 is 5.11 Å². The van der Waals surface area contributed by atoms with Gasteiger partial charge in [0, 0.05) is 13.8 Å². The Hall–Kier alpha value is -0.000000000000000111. The highest BCUT2D eigenvalue weighted by molar-refractivity contribution is 9.11. The first-order chi connectivity index (χ1) is 6.56. The molecule has 1 rings (SSSR count). The Kier molecular flexibility index (Phi) is 4.47. The van der Waals surface area contributed by atoms with Gasteiger partial charge in [0.25, 0.3) is 0 Å². The van der Waals surface area contributed by atoms with Gasteiger partial charge in [-0.05, 0) is 33.8 Å². The summed E-state index contributed by atoms with van der Waals surface area (Å²) in [5, 5.41) is 8.99. The van der Waals surface area contributed by atoms with E-state index in [1.807, 2.05) is 13.0 Å². The minimum atomic E-state index is -0.900. The number of hydrogen-bond donors (Lipinski definition) is 1. The zero-order valence-corrected chi connectivity index (χ0v) is 11.4. The fourth-order valence-electron chi connectivity index (χ4n) is 1.01. The molecule has 0 bridgehead atoms. The summed E-state index contributed by atoms with van der Waals surface area (Å²) in [7, 11) is 0. The van der Waals surface area contributed by atoms with Crippen LogP contribution in [0.5, 0.6) is 0 Å². The van der Waals surface area contributed by atoms with Crippen LogP contribution >= 0.6 is 43.6 Å². The van der Waals surface area contributed by atoms with Gasteiger partial charge >= 0.3 is 5.97 Å². The van der Waals surface area contributed by atoms with E-state index in [0.717, 1.165) is 19.6 Å². The molecule has 1 N–H and O–H groups in total. The second-order valence-corrected chi connectivity index (χ2v) is 5.55. The Morgan fingerprint density at radius 2 is 2.14 bits per heavy atom. The molecule has 0 spiro atoms. The highest BCUT2D eigenvalue weighted by atomic mass is 79.9. The summed E-state index contributed by atoms with van der Waals surface area (Å²) in [6.45, 7) is 1.99. The standard InChI is InChI=1S/C9H8Br2O2S/c1-2-14-8-6(9(12)13)3-5(10)4-7(8)11/h3-4H,2H2,1H3,(H,12,13). The smallest absolute Gasteiger partial charge is 0.336 e. The monoisotopic (exact) mass is 338 g/mol. The van der Waals surface area contributed by atoms with Crippen molar-refractivity contribution >= 4 is 49.6 Å². The number of benzene rings is 1. The molecule has 0 amide bonds. The van der Waals surface area contributed by atoms with Crippen LogP contribution < -0.4 is 0 Å². The highest BCUT2D eigenvalue weighted by Gasteiger charge is 2.14. The summed E-state index contributed by atoms with van der Waals surface area (Å²) in [6, 6.07) is 3.47. The third-order valence-electron chi connectivity index (χ3n) is 1.53. The van der Waals surface area contributed by atoms with Crippen molar-refractivity contribution in [2.45, 2.75) is 11.8 Å². The average Bonchev–Trinajstić information content (AvgIpc) is 2.09. The summed E-state index contributed by atoms with van der Waals surface area (Å²) in [5.74, 6) is -0.0523. The van der Waals surface area contributed by atoms with Crippen molar-refractivity contribution in [2.24, 2.45) is 0 Å². The number of thioether (sulfide) groups is 1. The first kappa shape index (κ1) is 12.1. The molecule has 0 saturated carbocycles. The van der Waals surface area contributed by atoms with Crippen LogP contribution in [0.4, 0.5) is 0 Å². The fraction of sp³-hybridized carbons (Fsp3) is 0.222. The minimum Gasteiger partial charge on any atom is -0.478 e. The maximum Gasteiger partial charge on any atom is 0.336 e. The summed E-state index contributed by atoms with van der Waals surface area (Å²) in [4.78, 5) is 11.7. The number of carboxylic acid groups (broad SMARTS) is 1. The summed E-state index contributed by atoms with van der Waals surface area (Å²) < 4.78 is 1.58. The molecule has 0 atom stereocenters. The third kappa shape index (κ3) is 2.74. The van der Waals surface area contributed by atoms with Crippen LogP contribution in [0.25, 0.3) is 0 Å². The van der Waals surface area contributed by atoms with Crippen molar-refractivity contribution in [3.05, 3.63) is 26.6 Å². The maximum atomic E-state index is 10.9. The van der Waals surface area contributed by atoms with E-state index in [2.05, 4.69) is 31.9 Å². The molecule has 1 aromatic carbocycles. The van der Waals surface area contributed by atoms with Crippen LogP contribution in [-0.2, 0) is 0 Å². The Bertz CT molecular complexity index is 366. The molecule has 0 aliphatic heterocycles. The zero-order valence-electron chi connectivity index (χ0n) is 7.38. The molecule has 1 aromatic rings. The van der Waals surface area contributed by atoms with E-state index in [-0.39, 0.29) is 0 Å². The van der Waals surface area contributed by atoms with Gasteiger partial charge in [-0.3, -0.25) is 0 Å². The second kappa shape index (κ2) is 5.19. The maximum absolute atomic E-state index is 10.9. The number of carbonyl (C=O) groups is 1.